The van der Waals surface area contributed by atoms with Crippen LogP contribution in [0.4, 0.5) is 0 Å². The van der Waals surface area contributed by atoms with Crippen molar-refractivity contribution in [2.45, 2.75) is 18.5 Å². The molecule has 0 saturated carbocycles. The molecule has 0 bridgehead atoms. The first-order valence-corrected chi connectivity index (χ1v) is 10.1. The van der Waals surface area contributed by atoms with Crippen molar-refractivity contribution in [2.75, 3.05) is 12.7 Å². The molecule has 0 amide bonds. The second kappa shape index (κ2) is 7.34. The fourth-order valence-corrected chi connectivity index (χ4v) is 4.37. The number of halogens is 1. The number of nitrogens with zero attached hydrogens (tertiary/aromatic N) is 1. The highest BCUT2D eigenvalue weighted by Crippen LogP contribution is 2.37. The second-order valence-electron chi connectivity index (χ2n) is 7.33. The van der Waals surface area contributed by atoms with Gasteiger partial charge in [-0.1, -0.05) is 18.2 Å². The Kier molecular flexibility index (Phi) is 4.64. The van der Waals surface area contributed by atoms with Crippen molar-refractivity contribution in [3.8, 4) is 17.2 Å². The Hall–Kier alpha value is -3.03. The van der Waals surface area contributed by atoms with Gasteiger partial charge in [-0.2, -0.15) is 0 Å². The molecule has 3 aromatic rings. The van der Waals surface area contributed by atoms with Gasteiger partial charge in [0.05, 0.1) is 5.88 Å². The molecule has 0 radical (unpaired) electrons. The molecule has 30 heavy (non-hydrogen) atoms. The molecule has 2 aliphatic rings. The maximum Gasteiger partial charge on any atom is 0.328 e. The van der Waals surface area contributed by atoms with Crippen LogP contribution in [0.5, 0.6) is 17.2 Å². The van der Waals surface area contributed by atoms with Crippen LogP contribution in [-0.2, 0) is 23.1 Å². The number of hydrogen-bond donors (Lipinski definition) is 1. The maximum absolute atomic E-state index is 13.0. The lowest BCUT2D eigenvalue weighted by atomic mass is 9.92. The summed E-state index contributed by atoms with van der Waals surface area (Å²) in [6, 6.07) is 11.5. The van der Waals surface area contributed by atoms with E-state index in [1.165, 1.54) is 0 Å². The number of ether oxygens (including phenoxy) is 3. The van der Waals surface area contributed by atoms with Crippen molar-refractivity contribution in [1.82, 2.24) is 9.88 Å². The normalized spacial score (nSPS) is 19.5. The molecule has 0 spiro atoms. The Morgan fingerprint density at radius 1 is 1.20 bits per heavy atom. The van der Waals surface area contributed by atoms with Gasteiger partial charge >= 0.3 is 5.97 Å². The zero-order valence-electron chi connectivity index (χ0n) is 16.2. The number of Topliss-reactive ketones (excluding diaryl/α,β-unsaturated/α-hetero) is 1. The number of aryl methyl sites for hydroxylation is 1. The zero-order valence-corrected chi connectivity index (χ0v) is 16.9. The third-order valence-corrected chi connectivity index (χ3v) is 5.87. The van der Waals surface area contributed by atoms with Crippen molar-refractivity contribution >= 4 is 34.3 Å². The number of carbonyl (C=O) groups is 2. The molecule has 8 heteroatoms. The van der Waals surface area contributed by atoms with Gasteiger partial charge < -0.3 is 18.8 Å². The predicted molar refractivity (Wildman–Crippen MR) is 110 cm³/mol. The summed E-state index contributed by atoms with van der Waals surface area (Å²) >= 11 is 5.87. The summed E-state index contributed by atoms with van der Waals surface area (Å²) in [5.74, 6) is 0.684. The molecular formula is C22H19ClN2O5. The van der Waals surface area contributed by atoms with Gasteiger partial charge in [0, 0.05) is 36.1 Å². The smallest absolute Gasteiger partial charge is 0.328 e. The van der Waals surface area contributed by atoms with Crippen molar-refractivity contribution in [1.29, 1.82) is 0 Å². The highest BCUT2D eigenvalue weighted by molar-refractivity contribution is 6.28. The van der Waals surface area contributed by atoms with Gasteiger partial charge in [0.15, 0.2) is 17.3 Å². The molecule has 0 fully saturated rings. The first kappa shape index (κ1) is 19.0. The number of para-hydroxylation sites is 1. The van der Waals surface area contributed by atoms with Crippen LogP contribution < -0.4 is 19.5 Å². The number of fused-ring (bicyclic) bond motifs is 4. The van der Waals surface area contributed by atoms with E-state index in [1.54, 1.807) is 18.2 Å². The van der Waals surface area contributed by atoms with Crippen molar-refractivity contribution in [3.05, 3.63) is 53.7 Å². The molecule has 2 atom stereocenters. The minimum absolute atomic E-state index is 0.142. The largest absolute Gasteiger partial charge is 0.454 e. The number of ketones is 1. The fourth-order valence-electron chi connectivity index (χ4n) is 4.22. The topological polar surface area (TPSA) is 78.8 Å². The molecule has 2 aromatic carbocycles. The van der Waals surface area contributed by atoms with Crippen molar-refractivity contribution in [3.63, 3.8) is 0 Å². The van der Waals surface area contributed by atoms with E-state index < -0.39 is 18.1 Å². The van der Waals surface area contributed by atoms with Gasteiger partial charge in [-0.25, -0.2) is 4.79 Å². The summed E-state index contributed by atoms with van der Waals surface area (Å²) in [5, 5.41) is 4.17. The fraction of sp³-hybridized carbons (Fsp3) is 0.273. The summed E-state index contributed by atoms with van der Waals surface area (Å²) in [6.07, 6.45) is 0.409. The quantitative estimate of drug-likeness (QED) is 0.392. The van der Waals surface area contributed by atoms with Gasteiger partial charge in [-0.05, 0) is 23.8 Å². The standard InChI is InChI=1S/C22H19ClN2O5/c1-25-16-5-3-2-4-13(16)14-9-15(24-20(21(14)25)17(26)10-23)22(27)30-12-6-7-18-19(8-12)29-11-28-18/h2-8,15,20,24H,9-11H2,1H3/t15-,20+/m1/s1. The predicted octanol–water partition coefficient (Wildman–Crippen LogP) is 2.88. The zero-order chi connectivity index (χ0) is 20.8. The summed E-state index contributed by atoms with van der Waals surface area (Å²) in [6.45, 7) is 0.142. The van der Waals surface area contributed by atoms with Crippen LogP contribution in [0.2, 0.25) is 0 Å². The minimum Gasteiger partial charge on any atom is -0.454 e. The molecule has 7 nitrogen and oxygen atoms in total. The number of alkyl halides is 1. The van der Waals surface area contributed by atoms with Crippen molar-refractivity contribution in [2.24, 2.45) is 7.05 Å². The number of aromatic nitrogens is 1. The summed E-state index contributed by atoms with van der Waals surface area (Å²) in [5.41, 5.74) is 2.80. The second-order valence-corrected chi connectivity index (χ2v) is 7.60. The lowest BCUT2D eigenvalue weighted by Gasteiger charge is -2.30. The van der Waals surface area contributed by atoms with Crippen LogP contribution in [0.15, 0.2) is 42.5 Å². The third kappa shape index (κ3) is 3.02. The summed E-state index contributed by atoms with van der Waals surface area (Å²) in [7, 11) is 1.92. The van der Waals surface area contributed by atoms with Gasteiger partial charge in [0.25, 0.3) is 0 Å². The average molecular weight is 427 g/mol. The number of nitrogens with one attached hydrogen (secondary N) is 1. The van der Waals surface area contributed by atoms with E-state index in [2.05, 4.69) is 5.32 Å². The van der Waals surface area contributed by atoms with Crippen molar-refractivity contribution < 1.29 is 23.8 Å². The van der Waals surface area contributed by atoms with Crippen LogP contribution in [0.25, 0.3) is 10.9 Å². The van der Waals surface area contributed by atoms with Gasteiger partial charge in [-0.15, -0.1) is 11.6 Å². The SMILES string of the molecule is Cn1c2c(c3ccccc31)C[C@H](C(=O)Oc1ccc3c(c1)OCO3)N[C@H]2C(=O)CCl. The van der Waals surface area contributed by atoms with E-state index in [0.29, 0.717) is 23.7 Å². The molecule has 5 rings (SSSR count). The molecule has 0 saturated heterocycles. The molecule has 3 heterocycles. The Morgan fingerprint density at radius 3 is 2.83 bits per heavy atom. The average Bonchev–Trinajstić information content (AvgIpc) is 3.35. The number of rotatable bonds is 4. The highest BCUT2D eigenvalue weighted by Gasteiger charge is 2.38. The molecule has 154 valence electrons. The first-order valence-electron chi connectivity index (χ1n) is 9.59. The van der Waals surface area contributed by atoms with Crippen LogP contribution in [0.1, 0.15) is 17.3 Å². The van der Waals surface area contributed by atoms with Crippen LogP contribution in [0, 0.1) is 0 Å². The Balaban J connectivity index is 1.48. The lowest BCUT2D eigenvalue weighted by Crippen LogP contribution is -2.49. The maximum atomic E-state index is 13.0. The Labute approximate surface area is 177 Å². The van der Waals surface area contributed by atoms with Gasteiger partial charge in [-0.3, -0.25) is 10.1 Å². The Bertz CT molecular complexity index is 1170. The lowest BCUT2D eigenvalue weighted by molar-refractivity contribution is -0.137. The molecular weight excluding hydrogens is 408 g/mol. The first-order chi connectivity index (χ1) is 14.6. The third-order valence-electron chi connectivity index (χ3n) is 5.61. The summed E-state index contributed by atoms with van der Waals surface area (Å²) in [4.78, 5) is 25.6. The monoisotopic (exact) mass is 426 g/mol. The van der Waals surface area contributed by atoms with Crippen LogP contribution >= 0.6 is 11.6 Å². The highest BCUT2D eigenvalue weighted by atomic mass is 35.5. The van der Waals surface area contributed by atoms with Crippen LogP contribution in [0.3, 0.4) is 0 Å². The van der Waals surface area contributed by atoms with E-state index in [9.17, 15) is 9.59 Å². The van der Waals surface area contributed by atoms with E-state index in [4.69, 9.17) is 25.8 Å². The van der Waals surface area contributed by atoms with E-state index in [1.807, 2.05) is 35.9 Å². The van der Waals surface area contributed by atoms with Gasteiger partial charge in [0.1, 0.15) is 17.8 Å². The molecule has 2 aliphatic heterocycles. The van der Waals surface area contributed by atoms with E-state index >= 15 is 0 Å². The number of hydrogen-bond acceptors (Lipinski definition) is 6. The van der Waals surface area contributed by atoms with E-state index in [-0.39, 0.29) is 18.5 Å². The molecule has 1 aromatic heterocycles. The number of benzene rings is 2. The van der Waals surface area contributed by atoms with Crippen LogP contribution in [-0.4, -0.2) is 35.0 Å². The number of carbonyl (C=O) groups excluding carboxylic acids is 2. The number of esters is 1. The summed E-state index contributed by atoms with van der Waals surface area (Å²) < 4.78 is 18.2. The van der Waals surface area contributed by atoms with Gasteiger partial charge in [0.2, 0.25) is 6.79 Å². The Morgan fingerprint density at radius 2 is 2.00 bits per heavy atom. The molecule has 0 unspecified atom stereocenters. The molecule has 1 N–H and O–H groups in total. The minimum atomic E-state index is -0.689. The molecule has 0 aliphatic carbocycles. The van der Waals surface area contributed by atoms with E-state index in [0.717, 1.165) is 22.2 Å².